The van der Waals surface area contributed by atoms with E-state index < -0.39 is 5.97 Å². The molecule has 0 atom stereocenters. The average molecular weight is 500 g/mol. The second kappa shape index (κ2) is 9.36. The second-order valence-corrected chi connectivity index (χ2v) is 11.4. The number of amides is 1. The van der Waals surface area contributed by atoms with Crippen LogP contribution in [0.1, 0.15) is 71.5 Å². The van der Waals surface area contributed by atoms with E-state index >= 15 is 0 Å². The molecule has 1 amide bonds. The Bertz CT molecular complexity index is 1310. The van der Waals surface area contributed by atoms with Crippen molar-refractivity contribution >= 4 is 17.6 Å². The fourth-order valence-electron chi connectivity index (χ4n) is 7.65. The number of anilines is 1. The van der Waals surface area contributed by atoms with Crippen molar-refractivity contribution in [1.82, 2.24) is 9.97 Å². The molecule has 1 aromatic heterocycles. The van der Waals surface area contributed by atoms with Gasteiger partial charge in [0.2, 0.25) is 0 Å². The zero-order valence-corrected chi connectivity index (χ0v) is 21.1. The van der Waals surface area contributed by atoms with E-state index in [1.54, 1.807) is 19.2 Å². The molecule has 37 heavy (non-hydrogen) atoms. The van der Waals surface area contributed by atoms with Gasteiger partial charge in [0.05, 0.1) is 18.2 Å². The molecule has 0 aliphatic heterocycles. The molecule has 4 saturated carbocycles. The summed E-state index contributed by atoms with van der Waals surface area (Å²) in [4.78, 5) is 33.1. The van der Waals surface area contributed by atoms with Crippen LogP contribution in [0.4, 0.5) is 5.69 Å². The molecule has 4 aliphatic carbocycles. The van der Waals surface area contributed by atoms with E-state index in [0.29, 0.717) is 28.4 Å². The number of carboxylic acids is 1. The number of nitrogens with one attached hydrogen (secondary N) is 2. The normalized spacial score (nSPS) is 25.7. The van der Waals surface area contributed by atoms with Crippen LogP contribution in [0.25, 0.3) is 11.4 Å². The predicted octanol–water partition coefficient (Wildman–Crippen LogP) is 6.18. The summed E-state index contributed by atoms with van der Waals surface area (Å²) in [5.41, 5.74) is 2.91. The van der Waals surface area contributed by atoms with Gasteiger partial charge in [-0.15, -0.1) is 0 Å². The molecule has 4 aliphatic rings. The van der Waals surface area contributed by atoms with E-state index in [4.69, 9.17) is 9.72 Å². The zero-order valence-electron chi connectivity index (χ0n) is 21.1. The number of aromatic carboxylic acids is 1. The van der Waals surface area contributed by atoms with Crippen molar-refractivity contribution in [2.45, 2.75) is 51.4 Å². The summed E-state index contributed by atoms with van der Waals surface area (Å²) in [6, 6.07) is 13.9. The molecule has 2 aromatic carbocycles. The van der Waals surface area contributed by atoms with Gasteiger partial charge in [-0.1, -0.05) is 18.2 Å². The first kappa shape index (κ1) is 23.8. The van der Waals surface area contributed by atoms with Gasteiger partial charge in [-0.3, -0.25) is 4.79 Å². The minimum Gasteiger partial charge on any atom is -0.496 e. The monoisotopic (exact) mass is 499 g/mol. The van der Waals surface area contributed by atoms with Crippen LogP contribution in [0, 0.1) is 23.2 Å². The first-order chi connectivity index (χ1) is 17.9. The number of benzene rings is 2. The molecule has 7 heteroatoms. The average Bonchev–Trinajstić information content (AvgIpc) is 3.31. The Morgan fingerprint density at radius 3 is 2.43 bits per heavy atom. The quantitative estimate of drug-likeness (QED) is 0.343. The Morgan fingerprint density at radius 1 is 1.05 bits per heavy atom. The lowest BCUT2D eigenvalue weighted by Crippen LogP contribution is -2.46. The van der Waals surface area contributed by atoms with Crippen LogP contribution in [-0.2, 0) is 6.42 Å². The van der Waals surface area contributed by atoms with Crippen molar-refractivity contribution in [2.75, 3.05) is 12.4 Å². The number of aryl methyl sites for hydroxylation is 1. The van der Waals surface area contributed by atoms with Gasteiger partial charge in [0, 0.05) is 11.4 Å². The van der Waals surface area contributed by atoms with Gasteiger partial charge in [-0.05, 0) is 105 Å². The standard InChI is InChI=1S/C30H33N3O4/c1-37-25-8-3-2-7-23(25)27-32-24(9-10-30-15-18-11-19(16-30)13-20(12-18)17-30)26(33-27)28(34)31-22-6-4-5-21(14-22)29(35)36/h2-8,14,18-20H,9-13,15-17H2,1H3,(H,31,34)(H,32,33)(H,35,36). The van der Waals surface area contributed by atoms with E-state index in [9.17, 15) is 14.7 Å². The van der Waals surface area contributed by atoms with E-state index in [1.807, 2.05) is 24.3 Å². The molecule has 0 saturated heterocycles. The van der Waals surface area contributed by atoms with Crippen molar-refractivity contribution in [3.63, 3.8) is 0 Å². The Hall–Kier alpha value is -3.61. The third-order valence-electron chi connectivity index (χ3n) is 8.79. The first-order valence-electron chi connectivity index (χ1n) is 13.3. The summed E-state index contributed by atoms with van der Waals surface area (Å²) in [7, 11) is 1.62. The van der Waals surface area contributed by atoms with Crippen LogP contribution < -0.4 is 10.1 Å². The highest BCUT2D eigenvalue weighted by atomic mass is 16.5. The highest BCUT2D eigenvalue weighted by Crippen LogP contribution is 2.61. The molecule has 0 unspecified atom stereocenters. The number of ether oxygens (including phenoxy) is 1. The minimum absolute atomic E-state index is 0.122. The van der Waals surface area contributed by atoms with Crippen molar-refractivity contribution < 1.29 is 19.4 Å². The molecule has 3 N–H and O–H groups in total. The fourth-order valence-corrected chi connectivity index (χ4v) is 7.65. The molecular weight excluding hydrogens is 466 g/mol. The molecular formula is C30H33N3O4. The smallest absolute Gasteiger partial charge is 0.335 e. The molecule has 0 radical (unpaired) electrons. The van der Waals surface area contributed by atoms with E-state index in [2.05, 4.69) is 10.3 Å². The number of aromatic amines is 1. The minimum atomic E-state index is -1.04. The van der Waals surface area contributed by atoms with Gasteiger partial charge in [-0.2, -0.15) is 0 Å². The van der Waals surface area contributed by atoms with Crippen LogP contribution in [-0.4, -0.2) is 34.1 Å². The van der Waals surface area contributed by atoms with Crippen LogP contribution in [0.3, 0.4) is 0 Å². The molecule has 1 heterocycles. The number of rotatable bonds is 8. The van der Waals surface area contributed by atoms with Gasteiger partial charge in [0.25, 0.3) is 5.91 Å². The van der Waals surface area contributed by atoms with Crippen molar-refractivity contribution in [1.29, 1.82) is 0 Å². The number of nitrogens with zero attached hydrogens (tertiary/aromatic N) is 1. The number of carbonyl (C=O) groups excluding carboxylic acids is 1. The van der Waals surface area contributed by atoms with E-state index in [1.165, 1.54) is 50.7 Å². The number of hydrogen-bond donors (Lipinski definition) is 3. The van der Waals surface area contributed by atoms with Crippen LogP contribution in [0.15, 0.2) is 48.5 Å². The lowest BCUT2D eigenvalue weighted by molar-refractivity contribution is -0.0570. The van der Waals surface area contributed by atoms with Crippen molar-refractivity contribution in [2.24, 2.45) is 23.2 Å². The molecule has 4 bridgehead atoms. The van der Waals surface area contributed by atoms with Crippen LogP contribution in [0.5, 0.6) is 5.75 Å². The molecule has 4 fully saturated rings. The summed E-state index contributed by atoms with van der Waals surface area (Å²) < 4.78 is 5.55. The number of H-pyrrole nitrogens is 1. The lowest BCUT2D eigenvalue weighted by Gasteiger charge is -2.57. The number of aromatic nitrogens is 2. The van der Waals surface area contributed by atoms with Gasteiger partial charge in [-0.25, -0.2) is 9.78 Å². The van der Waals surface area contributed by atoms with Gasteiger partial charge in [0.1, 0.15) is 17.3 Å². The molecule has 7 rings (SSSR count). The third kappa shape index (κ3) is 4.63. The summed E-state index contributed by atoms with van der Waals surface area (Å²) >= 11 is 0. The zero-order chi connectivity index (χ0) is 25.6. The van der Waals surface area contributed by atoms with Crippen LogP contribution >= 0.6 is 0 Å². The topological polar surface area (TPSA) is 104 Å². The number of carbonyl (C=O) groups is 2. The SMILES string of the molecule is COc1ccccc1-c1nc(C(=O)Nc2cccc(C(=O)O)c2)c(CCC23CC4CC(CC(C4)C2)C3)[nH]1. The Labute approximate surface area is 216 Å². The van der Waals surface area contributed by atoms with Crippen LogP contribution in [0.2, 0.25) is 0 Å². The maximum atomic E-state index is 13.5. The fraction of sp³-hybridized carbons (Fsp3) is 0.433. The second-order valence-electron chi connectivity index (χ2n) is 11.4. The van der Waals surface area contributed by atoms with Crippen molar-refractivity contribution in [3.8, 4) is 17.1 Å². The summed E-state index contributed by atoms with van der Waals surface area (Å²) in [6.07, 6.45) is 9.98. The molecule has 0 spiro atoms. The number of para-hydroxylation sites is 1. The number of imidazole rings is 1. The maximum absolute atomic E-state index is 13.5. The predicted molar refractivity (Wildman–Crippen MR) is 141 cm³/mol. The number of hydrogen-bond acceptors (Lipinski definition) is 4. The van der Waals surface area contributed by atoms with Crippen molar-refractivity contribution in [3.05, 3.63) is 65.5 Å². The van der Waals surface area contributed by atoms with E-state index in [0.717, 1.165) is 41.9 Å². The highest BCUT2D eigenvalue weighted by molar-refractivity contribution is 6.04. The summed E-state index contributed by atoms with van der Waals surface area (Å²) in [6.45, 7) is 0. The van der Waals surface area contributed by atoms with Gasteiger partial charge in [0.15, 0.2) is 0 Å². The largest absolute Gasteiger partial charge is 0.496 e. The van der Waals surface area contributed by atoms with Gasteiger partial charge >= 0.3 is 5.97 Å². The van der Waals surface area contributed by atoms with Gasteiger partial charge < -0.3 is 20.1 Å². The molecule has 7 nitrogen and oxygen atoms in total. The number of methoxy groups -OCH3 is 1. The highest BCUT2D eigenvalue weighted by Gasteiger charge is 2.50. The first-order valence-corrected chi connectivity index (χ1v) is 13.3. The molecule has 192 valence electrons. The number of carboxylic acid groups (broad SMARTS) is 1. The summed E-state index contributed by atoms with van der Waals surface area (Å²) in [5, 5.41) is 12.2. The Morgan fingerprint density at radius 2 is 1.76 bits per heavy atom. The Balaban J connectivity index is 1.30. The third-order valence-corrected chi connectivity index (χ3v) is 8.79. The van der Waals surface area contributed by atoms with E-state index in [-0.39, 0.29) is 11.5 Å². The Kier molecular flexibility index (Phi) is 6.01. The molecule has 3 aromatic rings. The maximum Gasteiger partial charge on any atom is 0.335 e. The lowest BCUT2D eigenvalue weighted by atomic mass is 9.48. The summed E-state index contributed by atoms with van der Waals surface area (Å²) in [5.74, 6) is 2.53.